The van der Waals surface area contributed by atoms with E-state index in [0.717, 1.165) is 38.0 Å². The molecular weight excluding hydrogens is 217 g/mol. The van der Waals surface area contributed by atoms with Gasteiger partial charge in [0.15, 0.2) is 0 Å². The summed E-state index contributed by atoms with van der Waals surface area (Å²) in [5, 5.41) is 3.29. The van der Waals surface area contributed by atoms with Crippen LogP contribution in [-0.4, -0.2) is 20.3 Å². The highest BCUT2D eigenvalue weighted by molar-refractivity contribution is 5.20. The maximum atomic E-state index is 13.2. The van der Waals surface area contributed by atoms with Crippen LogP contribution in [0.2, 0.25) is 0 Å². The molecule has 1 unspecified atom stereocenters. The molecule has 1 heterocycles. The molecule has 1 fully saturated rings. The summed E-state index contributed by atoms with van der Waals surface area (Å²) in [6.45, 7) is 1.73. The molecule has 1 atom stereocenters. The van der Waals surface area contributed by atoms with Crippen LogP contribution in [0.5, 0.6) is 0 Å². The van der Waals surface area contributed by atoms with Gasteiger partial charge in [0.05, 0.1) is 0 Å². The predicted octanol–water partition coefficient (Wildman–Crippen LogP) is 2.90. The van der Waals surface area contributed by atoms with Gasteiger partial charge in [0.2, 0.25) is 0 Å². The second kappa shape index (κ2) is 6.12. The molecule has 0 aromatic heterocycles. The van der Waals surface area contributed by atoms with Crippen molar-refractivity contribution in [1.29, 1.82) is 0 Å². The molecule has 0 amide bonds. The van der Waals surface area contributed by atoms with Gasteiger partial charge in [0.1, 0.15) is 5.82 Å². The van der Waals surface area contributed by atoms with Crippen LogP contribution in [0.1, 0.15) is 30.9 Å². The lowest BCUT2D eigenvalue weighted by molar-refractivity contribution is 0.0608. The summed E-state index contributed by atoms with van der Waals surface area (Å²) >= 11 is 0. The Kier molecular flexibility index (Phi) is 4.51. The van der Waals surface area contributed by atoms with Crippen molar-refractivity contribution in [1.82, 2.24) is 5.32 Å². The van der Waals surface area contributed by atoms with Crippen LogP contribution in [0, 0.1) is 11.7 Å². The summed E-state index contributed by atoms with van der Waals surface area (Å²) in [4.78, 5) is 0. The van der Waals surface area contributed by atoms with Crippen molar-refractivity contribution in [2.24, 2.45) is 5.92 Å². The molecule has 3 heteroatoms. The van der Waals surface area contributed by atoms with E-state index in [-0.39, 0.29) is 11.9 Å². The molecule has 1 aliphatic rings. The Morgan fingerprint density at radius 2 is 2.18 bits per heavy atom. The molecule has 0 spiro atoms. The molecule has 0 radical (unpaired) electrons. The molecule has 1 aromatic rings. The lowest BCUT2D eigenvalue weighted by atomic mass is 9.89. The SMILES string of the molecule is CNC(CC1CCOCC1)c1cccc(F)c1. The average molecular weight is 237 g/mol. The first-order chi connectivity index (χ1) is 8.29. The summed E-state index contributed by atoms with van der Waals surface area (Å²) in [6.07, 6.45) is 3.30. The van der Waals surface area contributed by atoms with E-state index in [1.54, 1.807) is 12.1 Å². The third-order valence-corrected chi connectivity index (χ3v) is 3.51. The van der Waals surface area contributed by atoms with Gasteiger partial charge >= 0.3 is 0 Å². The van der Waals surface area contributed by atoms with Crippen molar-refractivity contribution in [2.75, 3.05) is 20.3 Å². The Morgan fingerprint density at radius 1 is 1.41 bits per heavy atom. The Hall–Kier alpha value is -0.930. The van der Waals surface area contributed by atoms with Crippen molar-refractivity contribution in [3.63, 3.8) is 0 Å². The number of hydrogen-bond acceptors (Lipinski definition) is 2. The summed E-state index contributed by atoms with van der Waals surface area (Å²) in [6, 6.07) is 7.13. The standard InChI is InChI=1S/C14H20FNO/c1-16-14(9-11-5-7-17-8-6-11)12-3-2-4-13(15)10-12/h2-4,10-11,14,16H,5-9H2,1H3. The molecule has 1 N–H and O–H groups in total. The number of rotatable bonds is 4. The van der Waals surface area contributed by atoms with Crippen molar-refractivity contribution in [3.8, 4) is 0 Å². The summed E-state index contributed by atoms with van der Waals surface area (Å²) in [5.41, 5.74) is 1.04. The van der Waals surface area contributed by atoms with E-state index in [0.29, 0.717) is 5.92 Å². The minimum absolute atomic E-state index is 0.158. The van der Waals surface area contributed by atoms with E-state index >= 15 is 0 Å². The zero-order valence-electron chi connectivity index (χ0n) is 10.3. The van der Waals surface area contributed by atoms with Gasteiger partial charge < -0.3 is 10.1 Å². The van der Waals surface area contributed by atoms with Gasteiger partial charge in [-0.25, -0.2) is 4.39 Å². The van der Waals surface area contributed by atoms with E-state index in [4.69, 9.17) is 4.74 Å². The van der Waals surface area contributed by atoms with Gasteiger partial charge in [-0.2, -0.15) is 0 Å². The molecule has 94 valence electrons. The van der Waals surface area contributed by atoms with Crippen LogP contribution in [-0.2, 0) is 4.74 Å². The van der Waals surface area contributed by atoms with Gasteiger partial charge in [0.25, 0.3) is 0 Å². The molecule has 0 bridgehead atoms. The van der Waals surface area contributed by atoms with E-state index in [2.05, 4.69) is 5.32 Å². The number of benzene rings is 1. The van der Waals surface area contributed by atoms with E-state index in [1.165, 1.54) is 6.07 Å². The van der Waals surface area contributed by atoms with Crippen LogP contribution in [0.3, 0.4) is 0 Å². The summed E-state index contributed by atoms with van der Waals surface area (Å²) in [5.74, 6) is 0.527. The zero-order chi connectivity index (χ0) is 12.1. The molecule has 1 saturated heterocycles. The average Bonchev–Trinajstić information content (AvgIpc) is 2.37. The van der Waals surface area contributed by atoms with Crippen LogP contribution >= 0.6 is 0 Å². The molecular formula is C14H20FNO. The van der Waals surface area contributed by atoms with Crippen molar-refractivity contribution >= 4 is 0 Å². The molecule has 1 aliphatic heterocycles. The van der Waals surface area contributed by atoms with Gasteiger partial charge in [-0.3, -0.25) is 0 Å². The molecule has 0 aliphatic carbocycles. The van der Waals surface area contributed by atoms with Crippen LogP contribution in [0.15, 0.2) is 24.3 Å². The maximum Gasteiger partial charge on any atom is 0.123 e. The molecule has 17 heavy (non-hydrogen) atoms. The fourth-order valence-corrected chi connectivity index (χ4v) is 2.46. The molecule has 2 rings (SSSR count). The van der Waals surface area contributed by atoms with E-state index in [9.17, 15) is 4.39 Å². The maximum absolute atomic E-state index is 13.2. The first-order valence-corrected chi connectivity index (χ1v) is 6.30. The monoisotopic (exact) mass is 237 g/mol. The van der Waals surface area contributed by atoms with Crippen molar-refractivity contribution in [3.05, 3.63) is 35.6 Å². The Bertz CT molecular complexity index is 350. The smallest absolute Gasteiger partial charge is 0.123 e. The van der Waals surface area contributed by atoms with Crippen LogP contribution in [0.4, 0.5) is 4.39 Å². The number of ether oxygens (including phenoxy) is 1. The Labute approximate surface area is 102 Å². The Balaban J connectivity index is 2.00. The predicted molar refractivity (Wildman–Crippen MR) is 66.4 cm³/mol. The number of hydrogen-bond donors (Lipinski definition) is 1. The third kappa shape index (κ3) is 3.51. The largest absolute Gasteiger partial charge is 0.381 e. The highest BCUT2D eigenvalue weighted by Gasteiger charge is 2.19. The second-order valence-electron chi connectivity index (χ2n) is 4.69. The topological polar surface area (TPSA) is 21.3 Å². The lowest BCUT2D eigenvalue weighted by Crippen LogP contribution is -2.24. The number of nitrogens with one attached hydrogen (secondary N) is 1. The fraction of sp³-hybridized carbons (Fsp3) is 0.571. The fourth-order valence-electron chi connectivity index (χ4n) is 2.46. The first-order valence-electron chi connectivity index (χ1n) is 6.30. The summed E-state index contributed by atoms with van der Waals surface area (Å²) in [7, 11) is 1.94. The Morgan fingerprint density at radius 3 is 2.82 bits per heavy atom. The highest BCUT2D eigenvalue weighted by Crippen LogP contribution is 2.27. The third-order valence-electron chi connectivity index (χ3n) is 3.51. The first kappa shape index (κ1) is 12.5. The highest BCUT2D eigenvalue weighted by atomic mass is 19.1. The molecule has 2 nitrogen and oxygen atoms in total. The normalized spacial score (nSPS) is 19.2. The van der Waals surface area contributed by atoms with Gasteiger partial charge in [-0.1, -0.05) is 12.1 Å². The van der Waals surface area contributed by atoms with E-state index in [1.807, 2.05) is 13.1 Å². The molecule has 1 aromatic carbocycles. The number of halogens is 1. The molecule has 0 saturated carbocycles. The zero-order valence-corrected chi connectivity index (χ0v) is 10.3. The van der Waals surface area contributed by atoms with Crippen molar-refractivity contribution < 1.29 is 9.13 Å². The van der Waals surface area contributed by atoms with Crippen LogP contribution in [0.25, 0.3) is 0 Å². The van der Waals surface area contributed by atoms with Gasteiger partial charge in [0, 0.05) is 19.3 Å². The summed E-state index contributed by atoms with van der Waals surface area (Å²) < 4.78 is 18.6. The van der Waals surface area contributed by atoms with Crippen molar-refractivity contribution in [2.45, 2.75) is 25.3 Å². The lowest BCUT2D eigenvalue weighted by Gasteiger charge is -2.26. The minimum atomic E-state index is -0.158. The van der Waals surface area contributed by atoms with Crippen LogP contribution < -0.4 is 5.32 Å². The van der Waals surface area contributed by atoms with Gasteiger partial charge in [-0.15, -0.1) is 0 Å². The van der Waals surface area contributed by atoms with Gasteiger partial charge in [-0.05, 0) is 49.9 Å². The quantitative estimate of drug-likeness (QED) is 0.869. The second-order valence-corrected chi connectivity index (χ2v) is 4.69. The minimum Gasteiger partial charge on any atom is -0.381 e. The van der Waals surface area contributed by atoms with E-state index < -0.39 is 0 Å².